The minimum Gasteiger partial charge on any atom is -0.497 e. The van der Waals surface area contributed by atoms with Gasteiger partial charge < -0.3 is 14.2 Å². The van der Waals surface area contributed by atoms with Crippen molar-refractivity contribution in [3.05, 3.63) is 150 Å². The summed E-state index contributed by atoms with van der Waals surface area (Å²) in [6, 6.07) is 40.5. The molecule has 0 spiro atoms. The first-order valence-electron chi connectivity index (χ1n) is 13.2. The van der Waals surface area contributed by atoms with E-state index in [1.807, 2.05) is 36.0 Å². The zero-order valence-corrected chi connectivity index (χ0v) is 22.6. The van der Waals surface area contributed by atoms with Gasteiger partial charge in [-0.2, -0.15) is 0 Å². The minimum absolute atomic E-state index is 0.0444. The second kappa shape index (κ2) is 13.0. The molecular weight excluding hydrogens is 488 g/mol. The molecule has 4 heteroatoms. The Labute approximate surface area is 230 Å². The van der Waals surface area contributed by atoms with Crippen LogP contribution in [0.4, 0.5) is 0 Å². The molecule has 1 fully saturated rings. The molecule has 1 aliphatic heterocycles. The van der Waals surface area contributed by atoms with Crippen molar-refractivity contribution >= 4 is 11.8 Å². The molecule has 0 radical (unpaired) electrons. The highest BCUT2D eigenvalue weighted by Gasteiger charge is 2.36. The fraction of sp³-hybridized carbons (Fsp3) is 0.235. The first-order valence-corrected chi connectivity index (χ1v) is 14.2. The summed E-state index contributed by atoms with van der Waals surface area (Å²) in [5, 5.41) is 0. The van der Waals surface area contributed by atoms with Gasteiger partial charge in [0.15, 0.2) is 6.29 Å². The third-order valence-corrected chi connectivity index (χ3v) is 8.43. The van der Waals surface area contributed by atoms with Crippen LogP contribution in [0.25, 0.3) is 0 Å². The van der Waals surface area contributed by atoms with Crippen LogP contribution >= 0.6 is 11.8 Å². The molecule has 1 heterocycles. The molecule has 0 aliphatic carbocycles. The minimum atomic E-state index is -0.347. The predicted molar refractivity (Wildman–Crippen MR) is 157 cm³/mol. The lowest BCUT2D eigenvalue weighted by atomic mass is 9.84. The maximum absolute atomic E-state index is 6.24. The number of rotatable bonds is 10. The molecule has 0 amide bonds. The van der Waals surface area contributed by atoms with Gasteiger partial charge in [-0.25, -0.2) is 0 Å². The first-order chi connectivity index (χ1) is 18.8. The molecule has 38 heavy (non-hydrogen) atoms. The predicted octanol–water partition coefficient (Wildman–Crippen LogP) is 8.17. The Morgan fingerprint density at radius 1 is 0.789 bits per heavy atom. The third kappa shape index (κ3) is 6.05. The number of thioether (sulfide) groups is 1. The lowest BCUT2D eigenvalue weighted by Gasteiger charge is -2.35. The second-order valence-corrected chi connectivity index (χ2v) is 10.6. The fourth-order valence-corrected chi connectivity index (χ4v) is 6.40. The molecule has 2 atom stereocenters. The van der Waals surface area contributed by atoms with Gasteiger partial charge in [-0.15, -0.1) is 11.8 Å². The zero-order chi connectivity index (χ0) is 26.0. The number of allylic oxidation sites excluding steroid dienone is 1. The van der Waals surface area contributed by atoms with Gasteiger partial charge in [-0.1, -0.05) is 115 Å². The SMILES string of the molecule is COc1ccc([C@@H]2OCC[C@H](/C=C/CCSC(c3ccccc3)(c3ccccc3)c3ccccc3)O2)cc1. The molecule has 1 aliphatic rings. The lowest BCUT2D eigenvalue weighted by Crippen LogP contribution is -2.26. The molecular formula is C34H34O3S. The molecule has 4 aromatic carbocycles. The van der Waals surface area contributed by atoms with Crippen LogP contribution in [-0.2, 0) is 14.2 Å². The lowest BCUT2D eigenvalue weighted by molar-refractivity contribution is -0.204. The topological polar surface area (TPSA) is 27.7 Å². The summed E-state index contributed by atoms with van der Waals surface area (Å²) in [6.45, 7) is 0.680. The van der Waals surface area contributed by atoms with Crippen LogP contribution in [0.15, 0.2) is 127 Å². The van der Waals surface area contributed by atoms with E-state index >= 15 is 0 Å². The van der Waals surface area contributed by atoms with Gasteiger partial charge in [0.05, 0.1) is 24.6 Å². The average molecular weight is 523 g/mol. The first kappa shape index (κ1) is 26.3. The molecule has 4 aromatic rings. The van der Waals surface area contributed by atoms with E-state index in [1.165, 1.54) is 16.7 Å². The number of hydrogen-bond acceptors (Lipinski definition) is 4. The molecule has 0 aromatic heterocycles. The van der Waals surface area contributed by atoms with E-state index in [1.54, 1.807) is 7.11 Å². The highest BCUT2D eigenvalue weighted by Crippen LogP contribution is 2.48. The molecule has 5 rings (SSSR count). The van der Waals surface area contributed by atoms with Crippen molar-refractivity contribution in [3.8, 4) is 5.75 Å². The van der Waals surface area contributed by atoms with Crippen molar-refractivity contribution in [3.63, 3.8) is 0 Å². The van der Waals surface area contributed by atoms with Gasteiger partial charge in [0.2, 0.25) is 0 Å². The summed E-state index contributed by atoms with van der Waals surface area (Å²) in [6.07, 6.45) is 5.98. The van der Waals surface area contributed by atoms with Crippen molar-refractivity contribution in [2.24, 2.45) is 0 Å². The third-order valence-electron chi connectivity index (χ3n) is 6.85. The maximum Gasteiger partial charge on any atom is 0.184 e. The Hall–Kier alpha value is -3.31. The van der Waals surface area contributed by atoms with E-state index in [4.69, 9.17) is 14.2 Å². The Morgan fingerprint density at radius 2 is 1.34 bits per heavy atom. The van der Waals surface area contributed by atoms with Gasteiger partial charge in [0.1, 0.15) is 5.75 Å². The molecule has 0 N–H and O–H groups in total. The van der Waals surface area contributed by atoms with Gasteiger partial charge in [0, 0.05) is 12.0 Å². The molecule has 0 bridgehead atoms. The fourth-order valence-electron chi connectivity index (χ4n) is 4.93. The summed E-state index contributed by atoms with van der Waals surface area (Å²) in [7, 11) is 1.67. The van der Waals surface area contributed by atoms with Crippen molar-refractivity contribution in [2.75, 3.05) is 19.5 Å². The van der Waals surface area contributed by atoms with E-state index in [0.29, 0.717) is 6.61 Å². The van der Waals surface area contributed by atoms with Gasteiger partial charge in [-0.05, 0) is 41.0 Å². The van der Waals surface area contributed by atoms with Gasteiger partial charge in [0.25, 0.3) is 0 Å². The van der Waals surface area contributed by atoms with Crippen LogP contribution in [0.2, 0.25) is 0 Å². The van der Waals surface area contributed by atoms with Crippen molar-refractivity contribution in [2.45, 2.75) is 30.0 Å². The van der Waals surface area contributed by atoms with E-state index in [0.717, 1.165) is 29.9 Å². The highest BCUT2D eigenvalue weighted by atomic mass is 32.2. The van der Waals surface area contributed by atoms with Crippen LogP contribution in [0.1, 0.15) is 41.4 Å². The van der Waals surface area contributed by atoms with E-state index in [9.17, 15) is 0 Å². The van der Waals surface area contributed by atoms with Crippen molar-refractivity contribution in [1.82, 2.24) is 0 Å². The quantitative estimate of drug-likeness (QED) is 0.119. The summed E-state index contributed by atoms with van der Waals surface area (Å²) in [4.78, 5) is 0. The Balaban J connectivity index is 1.29. The maximum atomic E-state index is 6.24. The van der Waals surface area contributed by atoms with Crippen LogP contribution in [0, 0.1) is 0 Å². The Morgan fingerprint density at radius 3 is 1.87 bits per heavy atom. The number of ether oxygens (including phenoxy) is 3. The molecule has 194 valence electrons. The Bertz CT molecular complexity index is 1180. The standard InChI is InChI=1S/C34H34O3S/c1-35-31-22-20-27(21-23-31)33-36-25-24-32(37-33)19-11-12-26-38-34(28-13-5-2-6-14-28,29-15-7-3-8-16-29)30-17-9-4-10-18-30/h2-11,13-23,32-33H,12,24-26H2,1H3/b19-11+/t32-,33+/m0/s1. The largest absolute Gasteiger partial charge is 0.497 e. The monoisotopic (exact) mass is 522 g/mol. The molecule has 0 saturated carbocycles. The normalized spacial score (nSPS) is 17.9. The van der Waals surface area contributed by atoms with Gasteiger partial charge in [-0.3, -0.25) is 0 Å². The summed E-state index contributed by atoms with van der Waals surface area (Å²) in [5.74, 6) is 1.80. The summed E-state index contributed by atoms with van der Waals surface area (Å²) < 4.78 is 17.1. The molecule has 0 unspecified atom stereocenters. The van der Waals surface area contributed by atoms with Crippen molar-refractivity contribution in [1.29, 1.82) is 0 Å². The van der Waals surface area contributed by atoms with E-state index < -0.39 is 0 Å². The zero-order valence-electron chi connectivity index (χ0n) is 21.7. The summed E-state index contributed by atoms with van der Waals surface area (Å²) >= 11 is 1.99. The van der Waals surface area contributed by atoms with Crippen LogP contribution in [-0.4, -0.2) is 25.6 Å². The van der Waals surface area contributed by atoms with Gasteiger partial charge >= 0.3 is 0 Å². The average Bonchev–Trinajstić information content (AvgIpc) is 3.00. The van der Waals surface area contributed by atoms with Crippen LogP contribution in [0.5, 0.6) is 5.75 Å². The smallest absolute Gasteiger partial charge is 0.184 e. The highest BCUT2D eigenvalue weighted by molar-refractivity contribution is 8.00. The van der Waals surface area contributed by atoms with E-state index in [2.05, 4.69) is 103 Å². The molecule has 3 nitrogen and oxygen atoms in total. The molecule has 1 saturated heterocycles. The number of benzene rings is 4. The Kier molecular flexibility index (Phi) is 8.98. The van der Waals surface area contributed by atoms with Crippen LogP contribution < -0.4 is 4.74 Å². The van der Waals surface area contributed by atoms with Crippen LogP contribution in [0.3, 0.4) is 0 Å². The van der Waals surface area contributed by atoms with E-state index in [-0.39, 0.29) is 17.1 Å². The summed E-state index contributed by atoms with van der Waals surface area (Å²) in [5.41, 5.74) is 4.89. The second-order valence-electron chi connectivity index (χ2n) is 9.28. The number of methoxy groups -OCH3 is 1. The number of hydrogen-bond donors (Lipinski definition) is 0. The van der Waals surface area contributed by atoms with Crippen molar-refractivity contribution < 1.29 is 14.2 Å².